The fourth-order valence-electron chi connectivity index (χ4n) is 4.22. The number of pyridine rings is 1. The maximum absolute atomic E-state index is 11.1. The van der Waals surface area contributed by atoms with Crippen LogP contribution in [-0.2, 0) is 0 Å². The number of rotatable bonds is 4. The van der Waals surface area contributed by atoms with Gasteiger partial charge in [-0.05, 0) is 31.0 Å². The van der Waals surface area contributed by atoms with E-state index in [-0.39, 0.29) is 12.0 Å². The van der Waals surface area contributed by atoms with Crippen molar-refractivity contribution < 1.29 is 5.11 Å². The molecule has 162 valence electrons. The van der Waals surface area contributed by atoms with Gasteiger partial charge in [0.05, 0.1) is 22.6 Å². The molecule has 0 aliphatic carbocycles. The number of hydrogen-bond donors (Lipinski definition) is 4. The lowest BCUT2D eigenvalue weighted by Gasteiger charge is -2.43. The van der Waals surface area contributed by atoms with Crippen LogP contribution < -0.4 is 10.2 Å². The van der Waals surface area contributed by atoms with Crippen molar-refractivity contribution in [3.63, 3.8) is 0 Å². The first-order valence-corrected chi connectivity index (χ1v) is 10.9. The topological polar surface area (TPSA) is 106 Å². The molecule has 31 heavy (non-hydrogen) atoms. The number of nitrogens with zero attached hydrogens (tertiary/aromatic N) is 4. The minimum atomic E-state index is -0.836. The van der Waals surface area contributed by atoms with Crippen LogP contribution in [0.3, 0.4) is 0 Å². The summed E-state index contributed by atoms with van der Waals surface area (Å²) in [5.74, 6) is 1.50. The van der Waals surface area contributed by atoms with Gasteiger partial charge in [-0.15, -0.1) is 0 Å². The number of halogens is 1. The van der Waals surface area contributed by atoms with Crippen molar-refractivity contribution in [3.05, 3.63) is 35.7 Å². The van der Waals surface area contributed by atoms with Gasteiger partial charge in [-0.25, -0.2) is 15.0 Å². The number of piperazine rings is 1. The molecule has 1 aliphatic rings. The van der Waals surface area contributed by atoms with E-state index in [4.69, 9.17) is 21.6 Å². The summed E-state index contributed by atoms with van der Waals surface area (Å²) < 4.78 is 0. The summed E-state index contributed by atoms with van der Waals surface area (Å²) in [6, 6.07) is 5.75. The molecule has 2 atom stereocenters. The molecule has 9 heteroatoms. The average Bonchev–Trinajstić information content (AvgIpc) is 3.36. The number of hydrogen-bond acceptors (Lipinski definition) is 6. The number of nitrogens with one attached hydrogen (secondary N) is 3. The third-order valence-electron chi connectivity index (χ3n) is 6.49. The molecule has 0 spiro atoms. The Morgan fingerprint density at radius 2 is 2.06 bits per heavy atom. The van der Waals surface area contributed by atoms with Crippen LogP contribution in [-0.4, -0.2) is 61.3 Å². The van der Waals surface area contributed by atoms with Crippen molar-refractivity contribution in [3.8, 4) is 11.4 Å². The first kappa shape index (κ1) is 20.2. The van der Waals surface area contributed by atoms with Gasteiger partial charge in [0.1, 0.15) is 22.3 Å². The monoisotopic (exact) mass is 439 g/mol. The summed E-state index contributed by atoms with van der Waals surface area (Å²) in [5.41, 5.74) is 1.36. The number of H-pyrrole nitrogens is 2. The molecule has 0 amide bonds. The predicted molar refractivity (Wildman–Crippen MR) is 123 cm³/mol. The molecule has 4 aromatic heterocycles. The largest absolute Gasteiger partial charge is 0.388 e. The van der Waals surface area contributed by atoms with Crippen LogP contribution in [0.2, 0.25) is 5.15 Å². The van der Waals surface area contributed by atoms with Gasteiger partial charge in [0.2, 0.25) is 0 Å². The Hall–Kier alpha value is -2.68. The molecular formula is C22H26ClN7O. The molecule has 4 N–H and O–H groups in total. The molecule has 4 aromatic rings. The summed E-state index contributed by atoms with van der Waals surface area (Å²) in [5, 5.41) is 16.8. The minimum Gasteiger partial charge on any atom is -0.388 e. The van der Waals surface area contributed by atoms with E-state index in [0.717, 1.165) is 40.9 Å². The highest BCUT2D eigenvalue weighted by molar-refractivity contribution is 6.34. The third kappa shape index (κ3) is 3.35. The molecule has 1 saturated heterocycles. The Morgan fingerprint density at radius 1 is 1.23 bits per heavy atom. The zero-order chi connectivity index (χ0) is 21.8. The number of aromatic amines is 2. The maximum atomic E-state index is 11.1. The molecule has 0 bridgehead atoms. The second-order valence-electron chi connectivity index (χ2n) is 8.66. The first-order valence-electron chi connectivity index (χ1n) is 10.5. The highest BCUT2D eigenvalue weighted by Gasteiger charge is 2.38. The molecule has 5 heterocycles. The van der Waals surface area contributed by atoms with E-state index >= 15 is 0 Å². The Balaban J connectivity index is 1.61. The zero-order valence-electron chi connectivity index (χ0n) is 17.8. The predicted octanol–water partition coefficient (Wildman–Crippen LogP) is 3.34. The lowest BCUT2D eigenvalue weighted by molar-refractivity contribution is -0.0231. The van der Waals surface area contributed by atoms with Crippen LogP contribution in [0.4, 0.5) is 5.82 Å². The Labute approximate surface area is 185 Å². The van der Waals surface area contributed by atoms with Crippen molar-refractivity contribution in [1.29, 1.82) is 0 Å². The van der Waals surface area contributed by atoms with Gasteiger partial charge in [-0.1, -0.05) is 25.4 Å². The normalized spacial score (nSPS) is 19.4. The molecular weight excluding hydrogens is 414 g/mol. The van der Waals surface area contributed by atoms with E-state index in [1.165, 1.54) is 0 Å². The van der Waals surface area contributed by atoms with Crippen molar-refractivity contribution in [1.82, 2.24) is 30.2 Å². The van der Waals surface area contributed by atoms with Crippen LogP contribution in [0.1, 0.15) is 20.8 Å². The van der Waals surface area contributed by atoms with E-state index in [2.05, 4.69) is 25.2 Å². The molecule has 0 radical (unpaired) electrons. The summed E-state index contributed by atoms with van der Waals surface area (Å²) in [6.07, 6.45) is 3.59. The summed E-state index contributed by atoms with van der Waals surface area (Å²) in [6.45, 7) is 8.17. The average molecular weight is 440 g/mol. The van der Waals surface area contributed by atoms with Crippen LogP contribution >= 0.6 is 11.6 Å². The van der Waals surface area contributed by atoms with Crippen LogP contribution in [0.25, 0.3) is 33.5 Å². The number of aromatic nitrogens is 5. The van der Waals surface area contributed by atoms with E-state index in [9.17, 15) is 5.11 Å². The highest BCUT2D eigenvalue weighted by atomic mass is 35.5. The Kier molecular flexibility index (Phi) is 4.88. The van der Waals surface area contributed by atoms with Gasteiger partial charge in [0.15, 0.2) is 5.82 Å². The van der Waals surface area contributed by atoms with Gasteiger partial charge < -0.3 is 25.3 Å². The fraction of sp³-hybridized carbons (Fsp3) is 0.409. The molecule has 0 saturated carbocycles. The lowest BCUT2D eigenvalue weighted by Crippen LogP contribution is -2.62. The SMILES string of the molecule is CC(C)[C@@](C)(O)[C@@H]1CN(c2nc(-c3c(Cl)[nH]c4ncccc34)nc3[nH]ccc23)CCN1. The van der Waals surface area contributed by atoms with Gasteiger partial charge >= 0.3 is 0 Å². The second kappa shape index (κ2) is 7.47. The van der Waals surface area contributed by atoms with Gasteiger partial charge in [-0.3, -0.25) is 0 Å². The molecule has 0 unspecified atom stereocenters. The highest BCUT2D eigenvalue weighted by Crippen LogP contribution is 2.36. The molecule has 1 fully saturated rings. The van der Waals surface area contributed by atoms with E-state index < -0.39 is 5.60 Å². The second-order valence-corrected chi connectivity index (χ2v) is 9.04. The van der Waals surface area contributed by atoms with Gasteiger partial charge in [-0.2, -0.15) is 0 Å². The molecule has 1 aliphatic heterocycles. The summed E-state index contributed by atoms with van der Waals surface area (Å²) >= 11 is 6.54. The van der Waals surface area contributed by atoms with Gasteiger partial charge in [0.25, 0.3) is 0 Å². The van der Waals surface area contributed by atoms with Crippen LogP contribution in [0.5, 0.6) is 0 Å². The zero-order valence-corrected chi connectivity index (χ0v) is 18.5. The smallest absolute Gasteiger partial charge is 0.167 e. The van der Waals surface area contributed by atoms with E-state index in [1.807, 2.05) is 45.2 Å². The molecule has 5 rings (SSSR count). The molecule has 8 nitrogen and oxygen atoms in total. The maximum Gasteiger partial charge on any atom is 0.167 e. The van der Waals surface area contributed by atoms with Crippen LogP contribution in [0.15, 0.2) is 30.6 Å². The first-order chi connectivity index (χ1) is 14.9. The number of fused-ring (bicyclic) bond motifs is 2. The Morgan fingerprint density at radius 3 is 2.87 bits per heavy atom. The summed E-state index contributed by atoms with van der Waals surface area (Å²) in [4.78, 5) is 22.6. The minimum absolute atomic E-state index is 0.0745. The van der Waals surface area contributed by atoms with Crippen molar-refractivity contribution in [2.45, 2.75) is 32.4 Å². The number of anilines is 1. The van der Waals surface area contributed by atoms with Crippen molar-refractivity contribution >= 4 is 39.5 Å². The van der Waals surface area contributed by atoms with Crippen molar-refractivity contribution in [2.24, 2.45) is 5.92 Å². The Bertz CT molecular complexity index is 1250. The van der Waals surface area contributed by atoms with E-state index in [0.29, 0.717) is 23.2 Å². The van der Waals surface area contributed by atoms with Crippen molar-refractivity contribution in [2.75, 3.05) is 24.5 Å². The third-order valence-corrected chi connectivity index (χ3v) is 6.78. The fourth-order valence-corrected chi connectivity index (χ4v) is 4.50. The summed E-state index contributed by atoms with van der Waals surface area (Å²) in [7, 11) is 0. The standard InChI is InChI=1S/C22H26ClN7O/c1-12(2)22(3,31)15-11-30(10-9-24-15)21-14-6-8-26-19(14)28-20(29-21)16-13-5-4-7-25-18(13)27-17(16)23/h4-8,12,15,24,31H,9-11H2,1-3H3,(H,25,27)(H,26,28,29)/t15-,22+/m0/s1. The van der Waals surface area contributed by atoms with E-state index in [1.54, 1.807) is 6.20 Å². The lowest BCUT2D eigenvalue weighted by atomic mass is 9.84. The quantitative estimate of drug-likeness (QED) is 0.388. The molecule has 0 aromatic carbocycles. The number of aliphatic hydroxyl groups is 1. The van der Waals surface area contributed by atoms with Crippen LogP contribution in [0, 0.1) is 5.92 Å². The van der Waals surface area contributed by atoms with Gasteiger partial charge in [0, 0.05) is 37.4 Å².